The lowest BCUT2D eigenvalue weighted by Gasteiger charge is -2.32. The Morgan fingerprint density at radius 1 is 0.783 bits per heavy atom. The summed E-state index contributed by atoms with van der Waals surface area (Å²) in [4.78, 5) is 0. The number of rotatable bonds is 12. The highest BCUT2D eigenvalue weighted by atomic mass is 16.6. The van der Waals surface area contributed by atoms with Crippen LogP contribution in [-0.4, -0.2) is 62.6 Å². The monoisotopic (exact) mass is 332 g/mol. The van der Waals surface area contributed by atoms with Crippen LogP contribution in [0.3, 0.4) is 0 Å². The molecular weight excluding hydrogens is 296 g/mol. The van der Waals surface area contributed by atoms with E-state index >= 15 is 0 Å². The van der Waals surface area contributed by atoms with Crippen molar-refractivity contribution in [3.05, 3.63) is 0 Å². The molecule has 1 rings (SSSR count). The lowest BCUT2D eigenvalue weighted by atomic mass is 10.0. The zero-order valence-corrected chi connectivity index (χ0v) is 15.2. The van der Waals surface area contributed by atoms with Crippen molar-refractivity contribution in [3.63, 3.8) is 0 Å². The fourth-order valence-electron chi connectivity index (χ4n) is 2.58. The molecule has 1 saturated heterocycles. The van der Waals surface area contributed by atoms with Crippen molar-refractivity contribution in [3.8, 4) is 0 Å². The van der Waals surface area contributed by atoms with Crippen molar-refractivity contribution in [1.82, 2.24) is 0 Å². The molecule has 1 aliphatic heterocycles. The van der Waals surface area contributed by atoms with E-state index < -0.39 is 6.10 Å². The second-order valence-electron chi connectivity index (χ2n) is 6.25. The third-order valence-electron chi connectivity index (χ3n) is 4.09. The minimum absolute atomic E-state index is 0.179. The average Bonchev–Trinajstić information content (AvgIpc) is 2.69. The first-order valence-electron chi connectivity index (χ1n) is 9.35. The molecule has 1 aliphatic rings. The minimum atomic E-state index is -0.668. The van der Waals surface area contributed by atoms with Gasteiger partial charge >= 0.3 is 0 Å². The second-order valence-corrected chi connectivity index (χ2v) is 6.25. The van der Waals surface area contributed by atoms with E-state index in [4.69, 9.17) is 18.9 Å². The second kappa shape index (κ2) is 13.1. The molecule has 0 aliphatic carbocycles. The lowest BCUT2D eigenvalue weighted by Crippen LogP contribution is -2.48. The number of aliphatic hydroxyl groups is 1. The Morgan fingerprint density at radius 3 is 1.87 bits per heavy atom. The summed E-state index contributed by atoms with van der Waals surface area (Å²) in [5.41, 5.74) is 0. The van der Waals surface area contributed by atoms with Gasteiger partial charge in [0.2, 0.25) is 0 Å². The van der Waals surface area contributed by atoms with Gasteiger partial charge in [0, 0.05) is 19.8 Å². The molecule has 0 aromatic heterocycles. The smallest absolute Gasteiger partial charge is 0.115 e. The maximum Gasteiger partial charge on any atom is 0.115 e. The largest absolute Gasteiger partial charge is 0.388 e. The molecule has 0 saturated carbocycles. The summed E-state index contributed by atoms with van der Waals surface area (Å²) in [7, 11) is 0. The predicted molar refractivity (Wildman–Crippen MR) is 90.8 cm³/mol. The van der Waals surface area contributed by atoms with Crippen LogP contribution in [0.4, 0.5) is 0 Å². The van der Waals surface area contributed by atoms with Gasteiger partial charge in [0.15, 0.2) is 0 Å². The van der Waals surface area contributed by atoms with Crippen molar-refractivity contribution in [2.75, 3.05) is 33.0 Å². The van der Waals surface area contributed by atoms with Gasteiger partial charge in [0.25, 0.3) is 0 Å². The lowest BCUT2D eigenvalue weighted by molar-refractivity contribution is -0.159. The summed E-state index contributed by atoms with van der Waals surface area (Å²) in [5.74, 6) is 0. The molecule has 0 bridgehead atoms. The van der Waals surface area contributed by atoms with E-state index in [9.17, 15) is 5.11 Å². The zero-order valence-electron chi connectivity index (χ0n) is 15.2. The minimum Gasteiger partial charge on any atom is -0.388 e. The highest BCUT2D eigenvalue weighted by Gasteiger charge is 2.39. The quantitative estimate of drug-likeness (QED) is 0.557. The molecule has 5 heteroatoms. The Kier molecular flexibility index (Phi) is 11.9. The summed E-state index contributed by atoms with van der Waals surface area (Å²) >= 11 is 0. The van der Waals surface area contributed by atoms with Gasteiger partial charge in [-0.15, -0.1) is 0 Å². The predicted octanol–water partition coefficient (Wildman–Crippen LogP) is 2.93. The van der Waals surface area contributed by atoms with Crippen molar-refractivity contribution in [1.29, 1.82) is 0 Å². The molecule has 4 atom stereocenters. The maximum absolute atomic E-state index is 10.4. The van der Waals surface area contributed by atoms with E-state index in [0.29, 0.717) is 26.4 Å². The molecule has 1 N–H and O–H groups in total. The van der Waals surface area contributed by atoms with Crippen LogP contribution in [0, 0.1) is 0 Å². The van der Waals surface area contributed by atoms with Crippen LogP contribution in [0.5, 0.6) is 0 Å². The van der Waals surface area contributed by atoms with Crippen molar-refractivity contribution < 1.29 is 24.1 Å². The number of aliphatic hydroxyl groups excluding tert-OH is 1. The molecular formula is C18H36O5. The number of hydrogen-bond donors (Lipinski definition) is 1. The molecule has 23 heavy (non-hydrogen) atoms. The van der Waals surface area contributed by atoms with Gasteiger partial charge in [0.1, 0.15) is 24.4 Å². The molecule has 5 nitrogen and oxygen atoms in total. The molecule has 0 amide bonds. The first-order chi connectivity index (χ1) is 11.2. The highest BCUT2D eigenvalue weighted by molar-refractivity contribution is 4.88. The van der Waals surface area contributed by atoms with Gasteiger partial charge in [-0.05, 0) is 19.3 Å². The Balaban J connectivity index is 2.70. The van der Waals surface area contributed by atoms with Crippen LogP contribution in [0.25, 0.3) is 0 Å². The SMILES string of the molecule is CCCCOC1C(O)COC[C@@H](OCCCC)[C@H]1OCCCC. The molecule has 138 valence electrons. The third-order valence-corrected chi connectivity index (χ3v) is 4.09. The van der Waals surface area contributed by atoms with Gasteiger partial charge in [-0.3, -0.25) is 0 Å². The number of ether oxygens (including phenoxy) is 4. The summed E-state index contributed by atoms with van der Waals surface area (Å²) < 4.78 is 23.6. The normalized spacial score (nSPS) is 28.7. The summed E-state index contributed by atoms with van der Waals surface area (Å²) in [6.07, 6.45) is 4.73. The summed E-state index contributed by atoms with van der Waals surface area (Å²) in [5, 5.41) is 10.4. The van der Waals surface area contributed by atoms with Crippen LogP contribution in [-0.2, 0) is 18.9 Å². The van der Waals surface area contributed by atoms with Crippen LogP contribution in [0.2, 0.25) is 0 Å². The first-order valence-corrected chi connectivity index (χ1v) is 9.35. The van der Waals surface area contributed by atoms with Crippen LogP contribution in [0.1, 0.15) is 59.3 Å². The Labute approximate surface area is 141 Å². The maximum atomic E-state index is 10.4. The molecule has 1 heterocycles. The standard InChI is InChI=1S/C18H36O5/c1-4-7-10-21-16-14-20-13-15(19)17(22-11-8-5-2)18(16)23-12-9-6-3/h15-19H,4-14H2,1-3H3/t15?,16-,17?,18-/m1/s1. The van der Waals surface area contributed by atoms with Crippen molar-refractivity contribution >= 4 is 0 Å². The number of hydrogen-bond acceptors (Lipinski definition) is 5. The van der Waals surface area contributed by atoms with E-state index in [-0.39, 0.29) is 24.9 Å². The highest BCUT2D eigenvalue weighted by Crippen LogP contribution is 2.21. The van der Waals surface area contributed by atoms with E-state index in [2.05, 4.69) is 20.8 Å². The van der Waals surface area contributed by atoms with Gasteiger partial charge in [-0.2, -0.15) is 0 Å². The van der Waals surface area contributed by atoms with Crippen LogP contribution in [0.15, 0.2) is 0 Å². The first kappa shape index (κ1) is 20.8. The Hall–Kier alpha value is -0.200. The summed E-state index contributed by atoms with van der Waals surface area (Å²) in [6, 6.07) is 0. The van der Waals surface area contributed by atoms with Gasteiger partial charge in [-0.1, -0.05) is 40.0 Å². The van der Waals surface area contributed by atoms with Gasteiger partial charge < -0.3 is 24.1 Å². The molecule has 0 radical (unpaired) electrons. The molecule has 2 unspecified atom stereocenters. The third kappa shape index (κ3) is 7.94. The molecule has 0 spiro atoms. The van der Waals surface area contributed by atoms with Crippen molar-refractivity contribution in [2.45, 2.75) is 83.7 Å². The Bertz CT molecular complexity index is 274. The van der Waals surface area contributed by atoms with E-state index in [1.54, 1.807) is 0 Å². The van der Waals surface area contributed by atoms with E-state index in [1.807, 2.05) is 0 Å². The zero-order chi connectivity index (χ0) is 16.9. The fourth-order valence-corrected chi connectivity index (χ4v) is 2.58. The number of unbranched alkanes of at least 4 members (excludes halogenated alkanes) is 3. The van der Waals surface area contributed by atoms with E-state index in [1.165, 1.54) is 0 Å². The Morgan fingerprint density at radius 2 is 1.30 bits per heavy atom. The van der Waals surface area contributed by atoms with Crippen LogP contribution >= 0.6 is 0 Å². The average molecular weight is 332 g/mol. The summed E-state index contributed by atoms with van der Waals surface area (Å²) in [6.45, 7) is 9.12. The fraction of sp³-hybridized carbons (Fsp3) is 1.00. The molecule has 0 aromatic carbocycles. The molecule has 1 fully saturated rings. The van der Waals surface area contributed by atoms with Crippen molar-refractivity contribution in [2.24, 2.45) is 0 Å². The topological polar surface area (TPSA) is 57.2 Å². The van der Waals surface area contributed by atoms with Crippen LogP contribution < -0.4 is 0 Å². The van der Waals surface area contributed by atoms with E-state index in [0.717, 1.165) is 38.5 Å². The van der Waals surface area contributed by atoms with Gasteiger partial charge in [0.05, 0.1) is 13.2 Å². The molecule has 0 aromatic rings. The van der Waals surface area contributed by atoms with Gasteiger partial charge in [-0.25, -0.2) is 0 Å².